The molecule has 5 aliphatic carbocycles. The average Bonchev–Trinajstić information content (AvgIpc) is 3.36. The molecule has 0 amide bonds. The molecule has 1 heterocycles. The normalized spacial score (nSPS) is 48.9. The summed E-state index contributed by atoms with van der Waals surface area (Å²) in [5, 5.41) is 0. The summed E-state index contributed by atoms with van der Waals surface area (Å²) >= 11 is 1.98. The van der Waals surface area contributed by atoms with Crippen molar-refractivity contribution in [2.75, 3.05) is 0 Å². The molecule has 12 unspecified atom stereocenters. The van der Waals surface area contributed by atoms with Crippen LogP contribution < -0.4 is 0 Å². The van der Waals surface area contributed by atoms with E-state index >= 15 is 0 Å². The molecule has 3 heteroatoms. The van der Waals surface area contributed by atoms with Crippen molar-refractivity contribution in [2.45, 2.75) is 86.0 Å². The van der Waals surface area contributed by atoms with Crippen LogP contribution in [0.15, 0.2) is 0 Å². The van der Waals surface area contributed by atoms with E-state index in [1.54, 1.807) is 4.88 Å². The SMILES string of the molecule is Cc1sc(C2CCC3C(C2)C(=O)C2C(C)C4C5CCC(C)CC5C(=O)C4C(C)C32)c(C)c1C. The van der Waals surface area contributed by atoms with Gasteiger partial charge in [-0.05, 0) is 111 Å². The van der Waals surface area contributed by atoms with E-state index in [1.165, 1.54) is 41.7 Å². The van der Waals surface area contributed by atoms with Crippen LogP contribution in [-0.4, -0.2) is 11.6 Å². The van der Waals surface area contributed by atoms with Crippen LogP contribution in [0.5, 0.6) is 0 Å². The fourth-order valence-electron chi connectivity index (χ4n) is 10.1. The number of fused-ring (bicyclic) bond motifs is 6. The Hall–Kier alpha value is -0.960. The maximum Gasteiger partial charge on any atom is 0.139 e. The Labute approximate surface area is 204 Å². The number of carbonyl (C=O) groups excluding carboxylic acids is 2. The molecule has 0 aromatic carbocycles. The first-order valence-electron chi connectivity index (χ1n) is 13.8. The standard InChI is InChI=1S/C30H42O2S/c1-13-7-9-20-22(11-13)28(31)26-17(5)25-21-10-8-19(30-15(3)14(2)18(6)33-30)12-23(21)29(32)27(25)16(4)24(20)26/h13,16-17,19-27H,7-12H2,1-6H3. The zero-order chi connectivity index (χ0) is 23.3. The molecule has 33 heavy (non-hydrogen) atoms. The molecule has 1 aromatic rings. The van der Waals surface area contributed by atoms with Gasteiger partial charge in [0, 0.05) is 33.4 Å². The van der Waals surface area contributed by atoms with E-state index < -0.39 is 0 Å². The first-order chi connectivity index (χ1) is 15.7. The lowest BCUT2D eigenvalue weighted by Gasteiger charge is -2.48. The number of thiophene rings is 1. The van der Waals surface area contributed by atoms with E-state index in [4.69, 9.17) is 0 Å². The highest BCUT2D eigenvalue weighted by Gasteiger charge is 2.66. The van der Waals surface area contributed by atoms with Gasteiger partial charge in [-0.2, -0.15) is 0 Å². The highest BCUT2D eigenvalue weighted by molar-refractivity contribution is 7.12. The quantitative estimate of drug-likeness (QED) is 0.441. The van der Waals surface area contributed by atoms with Crippen molar-refractivity contribution >= 4 is 22.9 Å². The molecule has 0 spiro atoms. The summed E-state index contributed by atoms with van der Waals surface area (Å²) < 4.78 is 0. The highest BCUT2D eigenvalue weighted by atomic mass is 32.1. The van der Waals surface area contributed by atoms with Crippen LogP contribution in [0.1, 0.15) is 86.1 Å². The van der Waals surface area contributed by atoms with Crippen molar-refractivity contribution in [3.63, 3.8) is 0 Å². The minimum atomic E-state index is 0.216. The molecule has 6 rings (SSSR count). The lowest BCUT2D eigenvalue weighted by molar-refractivity contribution is -0.134. The summed E-state index contributed by atoms with van der Waals surface area (Å²) in [6.45, 7) is 13.9. The Morgan fingerprint density at radius 1 is 0.697 bits per heavy atom. The average molecular weight is 467 g/mol. The van der Waals surface area contributed by atoms with Crippen molar-refractivity contribution in [2.24, 2.45) is 65.1 Å². The van der Waals surface area contributed by atoms with Gasteiger partial charge in [-0.15, -0.1) is 11.3 Å². The van der Waals surface area contributed by atoms with Gasteiger partial charge in [-0.3, -0.25) is 9.59 Å². The molecule has 12 atom stereocenters. The molecule has 0 aliphatic heterocycles. The summed E-state index contributed by atoms with van der Waals surface area (Å²) in [6.07, 6.45) is 7.06. The molecule has 0 N–H and O–H groups in total. The second-order valence-electron chi connectivity index (χ2n) is 13.0. The van der Waals surface area contributed by atoms with Gasteiger partial charge in [0.15, 0.2) is 0 Å². The molecule has 1 aromatic heterocycles. The molecular formula is C30H42O2S. The maximum absolute atomic E-state index is 14.1. The number of carbonyl (C=O) groups is 2. The molecular weight excluding hydrogens is 424 g/mol. The van der Waals surface area contributed by atoms with Crippen LogP contribution >= 0.6 is 11.3 Å². The van der Waals surface area contributed by atoms with Gasteiger partial charge in [0.25, 0.3) is 0 Å². The fourth-order valence-corrected chi connectivity index (χ4v) is 11.4. The van der Waals surface area contributed by atoms with Crippen LogP contribution in [0.25, 0.3) is 0 Å². The third-order valence-corrected chi connectivity index (χ3v) is 13.2. The minimum Gasteiger partial charge on any atom is -0.299 e. The van der Waals surface area contributed by atoms with Crippen LogP contribution in [0.4, 0.5) is 0 Å². The lowest BCUT2D eigenvalue weighted by atomic mass is 9.55. The molecule has 5 fully saturated rings. The van der Waals surface area contributed by atoms with Crippen molar-refractivity contribution < 1.29 is 9.59 Å². The summed E-state index contributed by atoms with van der Waals surface area (Å²) in [6, 6.07) is 0. The number of hydrogen-bond acceptors (Lipinski definition) is 3. The number of rotatable bonds is 1. The third kappa shape index (κ3) is 3.02. The number of aryl methyl sites for hydroxylation is 1. The molecule has 2 nitrogen and oxygen atoms in total. The lowest BCUT2D eigenvalue weighted by Crippen LogP contribution is -2.46. The van der Waals surface area contributed by atoms with Crippen LogP contribution in [0.2, 0.25) is 0 Å². The van der Waals surface area contributed by atoms with Crippen molar-refractivity contribution in [1.82, 2.24) is 0 Å². The van der Waals surface area contributed by atoms with Gasteiger partial charge in [0.2, 0.25) is 0 Å². The largest absolute Gasteiger partial charge is 0.299 e. The van der Waals surface area contributed by atoms with Gasteiger partial charge in [0.1, 0.15) is 11.6 Å². The summed E-state index contributed by atoms with van der Waals surface area (Å²) in [5.74, 6) is 6.21. The molecule has 0 bridgehead atoms. The van der Waals surface area contributed by atoms with Crippen molar-refractivity contribution in [3.05, 3.63) is 20.9 Å². The Morgan fingerprint density at radius 2 is 1.24 bits per heavy atom. The highest BCUT2D eigenvalue weighted by Crippen LogP contribution is 2.65. The van der Waals surface area contributed by atoms with Crippen LogP contribution in [0, 0.1) is 85.9 Å². The second kappa shape index (κ2) is 7.77. The Balaban J connectivity index is 1.30. The zero-order valence-corrected chi connectivity index (χ0v) is 22.2. The Bertz CT molecular complexity index is 990. The van der Waals surface area contributed by atoms with Gasteiger partial charge in [0.05, 0.1) is 0 Å². The van der Waals surface area contributed by atoms with Crippen molar-refractivity contribution in [3.8, 4) is 0 Å². The second-order valence-corrected chi connectivity index (χ2v) is 14.2. The maximum atomic E-state index is 14.1. The summed E-state index contributed by atoms with van der Waals surface area (Å²) in [7, 11) is 0. The molecule has 180 valence electrons. The van der Waals surface area contributed by atoms with Gasteiger partial charge in [-0.1, -0.05) is 27.2 Å². The monoisotopic (exact) mass is 466 g/mol. The van der Waals surface area contributed by atoms with E-state index in [0.29, 0.717) is 64.8 Å². The number of ketones is 2. The van der Waals surface area contributed by atoms with Crippen molar-refractivity contribution in [1.29, 1.82) is 0 Å². The van der Waals surface area contributed by atoms with Crippen LogP contribution in [0.3, 0.4) is 0 Å². The van der Waals surface area contributed by atoms with E-state index in [9.17, 15) is 9.59 Å². The predicted octanol–water partition coefficient (Wildman–Crippen LogP) is 7.14. The first kappa shape index (κ1) is 22.5. The molecule has 0 radical (unpaired) electrons. The first-order valence-corrected chi connectivity index (χ1v) is 14.7. The van der Waals surface area contributed by atoms with E-state index in [2.05, 4.69) is 41.5 Å². The fraction of sp³-hybridized carbons (Fsp3) is 0.800. The number of hydrogen-bond donors (Lipinski definition) is 0. The predicted molar refractivity (Wildman–Crippen MR) is 134 cm³/mol. The van der Waals surface area contributed by atoms with Gasteiger partial charge >= 0.3 is 0 Å². The van der Waals surface area contributed by atoms with E-state index in [-0.39, 0.29) is 17.8 Å². The summed E-state index contributed by atoms with van der Waals surface area (Å²) in [5.41, 5.74) is 2.93. The van der Waals surface area contributed by atoms with Gasteiger partial charge in [-0.25, -0.2) is 0 Å². The Kier molecular flexibility index (Phi) is 5.30. The van der Waals surface area contributed by atoms with Crippen LogP contribution in [-0.2, 0) is 9.59 Å². The Morgan fingerprint density at radius 3 is 1.79 bits per heavy atom. The van der Waals surface area contributed by atoms with E-state index in [0.717, 1.165) is 12.8 Å². The summed E-state index contributed by atoms with van der Waals surface area (Å²) in [4.78, 5) is 30.8. The zero-order valence-electron chi connectivity index (χ0n) is 21.4. The molecule has 5 aliphatic rings. The van der Waals surface area contributed by atoms with E-state index in [1.807, 2.05) is 11.3 Å². The van der Waals surface area contributed by atoms with Gasteiger partial charge < -0.3 is 0 Å². The third-order valence-electron chi connectivity index (χ3n) is 11.7. The molecule has 5 saturated carbocycles. The molecule has 0 saturated heterocycles. The topological polar surface area (TPSA) is 34.1 Å². The smallest absolute Gasteiger partial charge is 0.139 e. The minimum absolute atomic E-state index is 0.216. The number of Topliss-reactive ketones (excluding diaryl/α,β-unsaturated/α-hetero) is 2.